The van der Waals surface area contributed by atoms with Crippen LogP contribution in [0.25, 0.3) is 5.57 Å². The third-order valence-corrected chi connectivity index (χ3v) is 5.68. The zero-order chi connectivity index (χ0) is 19.2. The molecular formula is C24H29N3O. The van der Waals surface area contributed by atoms with E-state index in [9.17, 15) is 4.79 Å². The Kier molecular flexibility index (Phi) is 6.07. The van der Waals surface area contributed by atoms with Gasteiger partial charge in [0.25, 0.3) is 0 Å². The summed E-state index contributed by atoms with van der Waals surface area (Å²) in [6.07, 6.45) is 7.12. The fourth-order valence-electron chi connectivity index (χ4n) is 4.08. The highest BCUT2D eigenvalue weighted by molar-refractivity contribution is 5.92. The van der Waals surface area contributed by atoms with Gasteiger partial charge in [0, 0.05) is 37.6 Å². The molecule has 0 radical (unpaired) electrons. The third-order valence-electron chi connectivity index (χ3n) is 5.68. The summed E-state index contributed by atoms with van der Waals surface area (Å²) in [6, 6.07) is 18.8. The van der Waals surface area contributed by atoms with Gasteiger partial charge in [0.05, 0.1) is 6.54 Å². The van der Waals surface area contributed by atoms with Crippen LogP contribution < -0.4 is 10.2 Å². The van der Waals surface area contributed by atoms with Crippen molar-refractivity contribution in [2.75, 3.05) is 42.9 Å². The third kappa shape index (κ3) is 4.82. The molecule has 28 heavy (non-hydrogen) atoms. The number of carbonyl (C=O) groups excluding carboxylic acids is 1. The first-order valence-corrected chi connectivity index (χ1v) is 10.4. The van der Waals surface area contributed by atoms with Crippen molar-refractivity contribution in [2.45, 2.75) is 25.7 Å². The van der Waals surface area contributed by atoms with Gasteiger partial charge in [-0.05, 0) is 61.1 Å². The van der Waals surface area contributed by atoms with E-state index in [0.717, 1.165) is 38.3 Å². The Hall–Kier alpha value is -2.59. The minimum absolute atomic E-state index is 0.0577. The lowest BCUT2D eigenvalue weighted by Crippen LogP contribution is -2.36. The number of hydrogen-bond acceptors (Lipinski definition) is 3. The zero-order valence-corrected chi connectivity index (χ0v) is 16.4. The highest BCUT2D eigenvalue weighted by atomic mass is 16.2. The second kappa shape index (κ2) is 9.07. The molecule has 146 valence electrons. The summed E-state index contributed by atoms with van der Waals surface area (Å²) in [5.74, 6) is 0.0577. The van der Waals surface area contributed by atoms with Gasteiger partial charge in [-0.3, -0.25) is 9.69 Å². The average molecular weight is 376 g/mol. The Bertz CT molecular complexity index is 808. The maximum absolute atomic E-state index is 12.4. The smallest absolute Gasteiger partial charge is 0.238 e. The van der Waals surface area contributed by atoms with Gasteiger partial charge in [-0.25, -0.2) is 0 Å². The van der Waals surface area contributed by atoms with Crippen LogP contribution in [0.5, 0.6) is 0 Å². The maximum Gasteiger partial charge on any atom is 0.238 e. The molecule has 0 bridgehead atoms. The molecule has 1 amide bonds. The highest BCUT2D eigenvalue weighted by Gasteiger charge is 2.16. The number of carbonyl (C=O) groups is 1. The second-order valence-electron chi connectivity index (χ2n) is 7.72. The van der Waals surface area contributed by atoms with Gasteiger partial charge < -0.3 is 10.2 Å². The summed E-state index contributed by atoms with van der Waals surface area (Å²) in [5.41, 5.74) is 4.81. The van der Waals surface area contributed by atoms with E-state index in [2.05, 4.69) is 57.6 Å². The van der Waals surface area contributed by atoms with Crippen LogP contribution in [0.2, 0.25) is 0 Å². The monoisotopic (exact) mass is 375 g/mol. The molecule has 2 heterocycles. The molecule has 2 aliphatic heterocycles. The maximum atomic E-state index is 12.4. The van der Waals surface area contributed by atoms with Gasteiger partial charge in [-0.2, -0.15) is 0 Å². The summed E-state index contributed by atoms with van der Waals surface area (Å²) in [6.45, 7) is 4.46. The van der Waals surface area contributed by atoms with Crippen molar-refractivity contribution >= 4 is 22.9 Å². The van der Waals surface area contributed by atoms with Crippen LogP contribution in [0.1, 0.15) is 31.2 Å². The predicted molar refractivity (Wildman–Crippen MR) is 117 cm³/mol. The summed E-state index contributed by atoms with van der Waals surface area (Å²) >= 11 is 0. The zero-order valence-electron chi connectivity index (χ0n) is 16.4. The first-order chi connectivity index (χ1) is 13.8. The van der Waals surface area contributed by atoms with E-state index < -0.39 is 0 Å². The molecule has 1 N–H and O–H groups in total. The topological polar surface area (TPSA) is 35.6 Å². The Labute approximate surface area is 167 Å². The number of anilines is 2. The molecular weight excluding hydrogens is 346 g/mol. The Morgan fingerprint density at radius 1 is 0.893 bits per heavy atom. The second-order valence-corrected chi connectivity index (χ2v) is 7.72. The number of benzene rings is 2. The number of amides is 1. The van der Waals surface area contributed by atoms with Gasteiger partial charge in [0.2, 0.25) is 5.91 Å². The first kappa shape index (κ1) is 18.8. The van der Waals surface area contributed by atoms with E-state index in [1.165, 1.54) is 36.1 Å². The van der Waals surface area contributed by atoms with Crippen LogP contribution in [0.3, 0.4) is 0 Å². The Morgan fingerprint density at radius 3 is 2.32 bits per heavy atom. The van der Waals surface area contributed by atoms with Crippen LogP contribution in [0.15, 0.2) is 60.7 Å². The predicted octanol–water partition coefficient (Wildman–Crippen LogP) is 4.40. The SMILES string of the molecule is O=C(CN1CC=C(c2ccccc2)CC1)Nc1ccc(N2CCCCC2)cc1. The first-order valence-electron chi connectivity index (χ1n) is 10.4. The van der Waals surface area contributed by atoms with E-state index in [0.29, 0.717) is 6.54 Å². The van der Waals surface area contributed by atoms with Crippen LogP contribution in [0, 0.1) is 0 Å². The highest BCUT2D eigenvalue weighted by Crippen LogP contribution is 2.23. The summed E-state index contributed by atoms with van der Waals surface area (Å²) in [5, 5.41) is 3.04. The van der Waals surface area contributed by atoms with Crippen molar-refractivity contribution in [2.24, 2.45) is 0 Å². The normalized spacial score (nSPS) is 17.9. The van der Waals surface area contributed by atoms with Gasteiger partial charge in [0.1, 0.15) is 0 Å². The van der Waals surface area contributed by atoms with E-state index >= 15 is 0 Å². The molecule has 0 saturated carbocycles. The number of nitrogens with zero attached hydrogens (tertiary/aromatic N) is 2. The van der Waals surface area contributed by atoms with Crippen LogP contribution >= 0.6 is 0 Å². The van der Waals surface area contributed by atoms with Crippen LogP contribution in [-0.2, 0) is 4.79 Å². The number of piperidine rings is 1. The molecule has 0 unspecified atom stereocenters. The molecule has 4 heteroatoms. The lowest BCUT2D eigenvalue weighted by atomic mass is 10.00. The molecule has 0 atom stereocenters. The number of nitrogens with one attached hydrogen (secondary N) is 1. The molecule has 2 aromatic carbocycles. The lowest BCUT2D eigenvalue weighted by Gasteiger charge is -2.29. The molecule has 2 aliphatic rings. The van der Waals surface area contributed by atoms with Gasteiger partial charge >= 0.3 is 0 Å². The minimum Gasteiger partial charge on any atom is -0.372 e. The Balaban J connectivity index is 1.27. The van der Waals surface area contributed by atoms with Crippen molar-refractivity contribution in [3.8, 4) is 0 Å². The molecule has 0 aromatic heterocycles. The molecule has 1 fully saturated rings. The number of rotatable bonds is 5. The van der Waals surface area contributed by atoms with Gasteiger partial charge in [-0.15, -0.1) is 0 Å². The molecule has 2 aromatic rings. The summed E-state index contributed by atoms with van der Waals surface area (Å²) < 4.78 is 0. The average Bonchev–Trinajstić information content (AvgIpc) is 2.76. The van der Waals surface area contributed by atoms with Crippen LogP contribution in [-0.4, -0.2) is 43.5 Å². The van der Waals surface area contributed by atoms with Gasteiger partial charge in [0.15, 0.2) is 0 Å². The summed E-state index contributed by atoms with van der Waals surface area (Å²) in [7, 11) is 0. The largest absolute Gasteiger partial charge is 0.372 e. The Morgan fingerprint density at radius 2 is 1.64 bits per heavy atom. The minimum atomic E-state index is 0.0577. The fourth-order valence-corrected chi connectivity index (χ4v) is 4.08. The van der Waals surface area contributed by atoms with E-state index in [1.54, 1.807) is 0 Å². The fraction of sp³-hybridized carbons (Fsp3) is 0.375. The van der Waals surface area contributed by atoms with Crippen molar-refractivity contribution in [1.29, 1.82) is 0 Å². The molecule has 0 spiro atoms. The summed E-state index contributed by atoms with van der Waals surface area (Å²) in [4.78, 5) is 17.1. The number of hydrogen-bond donors (Lipinski definition) is 1. The van der Waals surface area contributed by atoms with E-state index in [-0.39, 0.29) is 5.91 Å². The van der Waals surface area contributed by atoms with Crippen molar-refractivity contribution in [1.82, 2.24) is 4.90 Å². The van der Waals surface area contributed by atoms with Crippen molar-refractivity contribution in [3.05, 3.63) is 66.2 Å². The molecule has 4 rings (SSSR count). The molecule has 4 nitrogen and oxygen atoms in total. The quantitative estimate of drug-likeness (QED) is 0.841. The van der Waals surface area contributed by atoms with Crippen LogP contribution in [0.4, 0.5) is 11.4 Å². The van der Waals surface area contributed by atoms with Crippen molar-refractivity contribution < 1.29 is 4.79 Å². The molecule has 0 aliphatic carbocycles. The van der Waals surface area contributed by atoms with Crippen molar-refractivity contribution in [3.63, 3.8) is 0 Å². The van der Waals surface area contributed by atoms with E-state index in [4.69, 9.17) is 0 Å². The van der Waals surface area contributed by atoms with Gasteiger partial charge in [-0.1, -0.05) is 36.4 Å². The standard InChI is InChI=1S/C24H29N3O/c28-24(19-26-17-13-21(14-18-26)20-7-3-1-4-8-20)25-22-9-11-23(12-10-22)27-15-5-2-6-16-27/h1,3-4,7-13H,2,5-6,14-19H2,(H,25,28). The lowest BCUT2D eigenvalue weighted by molar-refractivity contribution is -0.117. The molecule has 1 saturated heterocycles. The van der Waals surface area contributed by atoms with E-state index in [1.807, 2.05) is 18.2 Å².